The van der Waals surface area contributed by atoms with Crippen molar-refractivity contribution in [3.8, 4) is 0 Å². The molecule has 0 saturated carbocycles. The maximum absolute atomic E-state index is 3.66. The van der Waals surface area contributed by atoms with Crippen molar-refractivity contribution in [2.24, 2.45) is 0 Å². The number of hydrogen-bond donors (Lipinski definition) is 0. The fourth-order valence-electron chi connectivity index (χ4n) is 2.08. The molecular formula is C12H6Br2S4. The summed E-state index contributed by atoms with van der Waals surface area (Å²) < 4.78 is 11.3. The van der Waals surface area contributed by atoms with Crippen LogP contribution in [0.5, 0.6) is 0 Å². The first-order valence-electron chi connectivity index (χ1n) is 5.26. The number of fused-ring (bicyclic) bond motifs is 5. The van der Waals surface area contributed by atoms with Crippen molar-refractivity contribution in [2.45, 2.75) is 13.8 Å². The van der Waals surface area contributed by atoms with E-state index in [0.29, 0.717) is 0 Å². The molecule has 0 unspecified atom stereocenters. The van der Waals surface area contributed by atoms with Gasteiger partial charge in [0.15, 0.2) is 0 Å². The highest BCUT2D eigenvalue weighted by Crippen LogP contribution is 2.53. The Morgan fingerprint density at radius 1 is 0.556 bits per heavy atom. The third-order valence-corrected chi connectivity index (χ3v) is 10.7. The maximum atomic E-state index is 3.66. The van der Waals surface area contributed by atoms with Gasteiger partial charge in [0.25, 0.3) is 0 Å². The molecule has 18 heavy (non-hydrogen) atoms. The van der Waals surface area contributed by atoms with E-state index in [1.54, 1.807) is 0 Å². The van der Waals surface area contributed by atoms with Crippen molar-refractivity contribution in [3.63, 3.8) is 0 Å². The smallest absolute Gasteiger partial charge is 0.0749 e. The molecule has 0 spiro atoms. The topological polar surface area (TPSA) is 0 Å². The van der Waals surface area contributed by atoms with Crippen molar-refractivity contribution >= 4 is 105 Å². The molecule has 92 valence electrons. The van der Waals surface area contributed by atoms with E-state index in [1.165, 1.54) is 46.9 Å². The molecule has 4 aromatic rings. The first-order chi connectivity index (χ1) is 8.58. The quantitative estimate of drug-likeness (QED) is 0.266. The second-order valence-electron chi connectivity index (χ2n) is 4.18. The Bertz CT molecular complexity index is 842. The average molecular weight is 438 g/mol. The maximum Gasteiger partial charge on any atom is 0.0749 e. The predicted molar refractivity (Wildman–Crippen MR) is 95.3 cm³/mol. The van der Waals surface area contributed by atoms with Gasteiger partial charge < -0.3 is 0 Å². The van der Waals surface area contributed by atoms with Crippen LogP contribution in [-0.2, 0) is 0 Å². The molecule has 0 atom stereocenters. The minimum atomic E-state index is 1.28. The molecule has 0 saturated heterocycles. The largest absolute Gasteiger partial charge is 0.132 e. The van der Waals surface area contributed by atoms with Gasteiger partial charge in [0, 0.05) is 0 Å². The summed E-state index contributed by atoms with van der Waals surface area (Å²) in [5.74, 6) is 0. The summed E-state index contributed by atoms with van der Waals surface area (Å²) in [4.78, 5) is 0. The monoisotopic (exact) mass is 436 g/mol. The lowest BCUT2D eigenvalue weighted by atomic mass is 10.3. The zero-order valence-corrected chi connectivity index (χ0v) is 15.8. The molecule has 4 heterocycles. The summed E-state index contributed by atoms with van der Waals surface area (Å²) >= 11 is 15.0. The van der Waals surface area contributed by atoms with Crippen LogP contribution in [0, 0.1) is 13.8 Å². The van der Waals surface area contributed by atoms with Gasteiger partial charge in [-0.2, -0.15) is 0 Å². The van der Waals surface area contributed by atoms with Crippen LogP contribution in [0.4, 0.5) is 0 Å². The van der Waals surface area contributed by atoms with Gasteiger partial charge in [-0.25, -0.2) is 0 Å². The second kappa shape index (κ2) is 4.02. The normalized spacial score (nSPS) is 12.4. The lowest BCUT2D eigenvalue weighted by molar-refractivity contribution is 1.59. The Hall–Kier alpha value is 0.540. The Morgan fingerprint density at radius 2 is 0.889 bits per heavy atom. The minimum absolute atomic E-state index is 1.28. The SMILES string of the molecule is Cc1c(Br)sc2c1sc1c3sc(Br)c(C)c3sc21. The molecular weight excluding hydrogens is 432 g/mol. The van der Waals surface area contributed by atoms with E-state index in [4.69, 9.17) is 0 Å². The van der Waals surface area contributed by atoms with E-state index >= 15 is 0 Å². The molecule has 4 aromatic heterocycles. The summed E-state index contributed by atoms with van der Waals surface area (Å²) in [6, 6.07) is 0. The van der Waals surface area contributed by atoms with Crippen LogP contribution in [0.2, 0.25) is 0 Å². The fraction of sp³-hybridized carbons (Fsp3) is 0.167. The minimum Gasteiger partial charge on any atom is -0.132 e. The van der Waals surface area contributed by atoms with E-state index in [1.807, 2.05) is 45.3 Å². The molecule has 0 amide bonds. The first-order valence-corrected chi connectivity index (χ1v) is 10.1. The molecule has 0 aromatic carbocycles. The molecule has 0 N–H and O–H groups in total. The fourth-order valence-corrected chi connectivity index (χ4v) is 9.19. The van der Waals surface area contributed by atoms with E-state index in [9.17, 15) is 0 Å². The zero-order valence-electron chi connectivity index (χ0n) is 9.39. The van der Waals surface area contributed by atoms with Gasteiger partial charge in [0.1, 0.15) is 0 Å². The predicted octanol–water partition coefficient (Wildman–Crippen LogP) is 7.53. The van der Waals surface area contributed by atoms with Gasteiger partial charge in [-0.05, 0) is 56.8 Å². The van der Waals surface area contributed by atoms with Crippen LogP contribution < -0.4 is 0 Å². The van der Waals surface area contributed by atoms with Gasteiger partial charge >= 0.3 is 0 Å². The highest BCUT2D eigenvalue weighted by molar-refractivity contribution is 9.11. The van der Waals surface area contributed by atoms with Crippen LogP contribution in [0.25, 0.3) is 28.2 Å². The first kappa shape index (κ1) is 12.3. The molecule has 0 radical (unpaired) electrons. The molecule has 6 heteroatoms. The van der Waals surface area contributed by atoms with E-state index in [2.05, 4.69) is 45.7 Å². The zero-order chi connectivity index (χ0) is 12.6. The summed E-state index contributed by atoms with van der Waals surface area (Å²) in [6.45, 7) is 4.41. The summed E-state index contributed by atoms with van der Waals surface area (Å²) in [5, 5.41) is 0. The summed E-state index contributed by atoms with van der Waals surface area (Å²) in [6.07, 6.45) is 0. The molecule has 0 fully saturated rings. The molecule has 0 aliphatic rings. The third-order valence-electron chi connectivity index (χ3n) is 3.09. The van der Waals surface area contributed by atoms with E-state index < -0.39 is 0 Å². The lowest BCUT2D eigenvalue weighted by Crippen LogP contribution is -1.60. The van der Waals surface area contributed by atoms with Crippen LogP contribution in [0.15, 0.2) is 7.57 Å². The van der Waals surface area contributed by atoms with E-state index in [0.717, 1.165) is 0 Å². The van der Waals surface area contributed by atoms with Crippen LogP contribution in [0.3, 0.4) is 0 Å². The van der Waals surface area contributed by atoms with Crippen LogP contribution in [0.1, 0.15) is 11.1 Å². The molecule has 0 nitrogen and oxygen atoms in total. The molecule has 0 aliphatic heterocycles. The lowest BCUT2D eigenvalue weighted by Gasteiger charge is -1.83. The van der Waals surface area contributed by atoms with Gasteiger partial charge in [-0.3, -0.25) is 0 Å². The number of halogens is 2. The van der Waals surface area contributed by atoms with Crippen LogP contribution in [-0.4, -0.2) is 0 Å². The van der Waals surface area contributed by atoms with Crippen molar-refractivity contribution < 1.29 is 0 Å². The van der Waals surface area contributed by atoms with E-state index in [-0.39, 0.29) is 0 Å². The number of aryl methyl sites for hydroxylation is 2. The van der Waals surface area contributed by atoms with Crippen LogP contribution >= 0.6 is 77.2 Å². The Labute approximate surface area is 137 Å². The van der Waals surface area contributed by atoms with Crippen molar-refractivity contribution in [1.29, 1.82) is 0 Å². The third kappa shape index (κ3) is 1.45. The Morgan fingerprint density at radius 3 is 1.28 bits per heavy atom. The van der Waals surface area contributed by atoms with Gasteiger partial charge in [0.05, 0.1) is 35.8 Å². The van der Waals surface area contributed by atoms with Gasteiger partial charge in [0.2, 0.25) is 0 Å². The highest BCUT2D eigenvalue weighted by Gasteiger charge is 2.20. The average Bonchev–Trinajstić information content (AvgIpc) is 2.98. The summed E-state index contributed by atoms with van der Waals surface area (Å²) in [5.41, 5.74) is 2.78. The Balaban J connectivity index is 2.27. The van der Waals surface area contributed by atoms with Crippen molar-refractivity contribution in [1.82, 2.24) is 0 Å². The molecule has 4 rings (SSSR count). The number of hydrogen-bond acceptors (Lipinski definition) is 4. The van der Waals surface area contributed by atoms with Crippen molar-refractivity contribution in [2.75, 3.05) is 0 Å². The van der Waals surface area contributed by atoms with Gasteiger partial charge in [-0.15, -0.1) is 45.3 Å². The molecule has 0 bridgehead atoms. The standard InChI is InChI=1S/C12H6Br2S4/c1-3-5-7(17-11(3)13)9-10(15-5)8-6(16-9)4(2)12(14)18-8/h1-2H3. The highest BCUT2D eigenvalue weighted by atomic mass is 79.9. The number of rotatable bonds is 0. The summed E-state index contributed by atoms with van der Waals surface area (Å²) in [7, 11) is 0. The second-order valence-corrected chi connectivity index (χ2v) is 10.9. The Kier molecular flexibility index (Phi) is 2.75. The molecule has 0 aliphatic carbocycles. The van der Waals surface area contributed by atoms with Gasteiger partial charge in [-0.1, -0.05) is 0 Å². The van der Waals surface area contributed by atoms with Crippen molar-refractivity contribution in [3.05, 3.63) is 18.7 Å². The number of thiophene rings is 4.